The van der Waals surface area contributed by atoms with Crippen molar-refractivity contribution >= 4 is 5.57 Å². The molecule has 2 aliphatic rings. The molecule has 0 amide bonds. The predicted octanol–water partition coefficient (Wildman–Crippen LogP) is 3.67. The fraction of sp³-hybridized carbons (Fsp3) is 0.350. The van der Waals surface area contributed by atoms with Crippen molar-refractivity contribution in [1.29, 1.82) is 0 Å². The molecule has 0 bridgehead atoms. The van der Waals surface area contributed by atoms with Crippen molar-refractivity contribution in [1.82, 2.24) is 10.3 Å². The first-order chi connectivity index (χ1) is 10.8. The topological polar surface area (TPSA) is 24.9 Å². The number of hydrogen-bond acceptors (Lipinski definition) is 2. The van der Waals surface area contributed by atoms with E-state index in [1.165, 1.54) is 51.9 Å². The van der Waals surface area contributed by atoms with Gasteiger partial charge in [0.25, 0.3) is 0 Å². The molecule has 1 aliphatic heterocycles. The van der Waals surface area contributed by atoms with Crippen LogP contribution in [-0.2, 0) is 12.8 Å². The lowest BCUT2D eigenvalue weighted by molar-refractivity contribution is 0.611. The molecule has 22 heavy (non-hydrogen) atoms. The molecule has 1 aromatic heterocycles. The molecular formula is C20H22N2. The Labute approximate surface area is 132 Å². The van der Waals surface area contributed by atoms with Gasteiger partial charge in [-0.3, -0.25) is 4.98 Å². The predicted molar refractivity (Wildman–Crippen MR) is 90.9 cm³/mol. The summed E-state index contributed by atoms with van der Waals surface area (Å²) in [7, 11) is 0. The van der Waals surface area contributed by atoms with Crippen molar-refractivity contribution in [3.8, 4) is 0 Å². The molecule has 2 aromatic rings. The van der Waals surface area contributed by atoms with Crippen LogP contribution in [0.5, 0.6) is 0 Å². The Kier molecular flexibility index (Phi) is 3.55. The molecule has 2 heteroatoms. The van der Waals surface area contributed by atoms with E-state index in [0.717, 1.165) is 25.9 Å². The van der Waals surface area contributed by atoms with E-state index in [1.54, 1.807) is 0 Å². The summed E-state index contributed by atoms with van der Waals surface area (Å²) in [5.41, 5.74) is 9.76. The monoisotopic (exact) mass is 290 g/mol. The zero-order valence-electron chi connectivity index (χ0n) is 13.2. The Morgan fingerprint density at radius 1 is 1.05 bits per heavy atom. The van der Waals surface area contributed by atoms with Crippen LogP contribution in [0.25, 0.3) is 5.57 Å². The average Bonchev–Trinajstić information content (AvgIpc) is 2.72. The lowest BCUT2D eigenvalue weighted by Gasteiger charge is -2.22. The van der Waals surface area contributed by atoms with Crippen LogP contribution in [0.4, 0.5) is 0 Å². The molecule has 0 spiro atoms. The molecule has 4 rings (SSSR count). The highest BCUT2D eigenvalue weighted by atomic mass is 14.9. The SMILES string of the molecule is Cc1ccc2c(c1)CCc1cccnc1/C2=C1/CCCNC1. The first kappa shape index (κ1) is 13.7. The first-order valence-corrected chi connectivity index (χ1v) is 8.30. The third kappa shape index (κ3) is 2.38. The van der Waals surface area contributed by atoms with Gasteiger partial charge in [0.15, 0.2) is 0 Å². The maximum Gasteiger partial charge on any atom is 0.0740 e. The third-order valence-corrected chi connectivity index (χ3v) is 4.85. The van der Waals surface area contributed by atoms with Crippen molar-refractivity contribution in [3.05, 3.63) is 70.0 Å². The largest absolute Gasteiger partial charge is 0.313 e. The minimum Gasteiger partial charge on any atom is -0.313 e. The molecule has 0 unspecified atom stereocenters. The van der Waals surface area contributed by atoms with Crippen LogP contribution >= 0.6 is 0 Å². The van der Waals surface area contributed by atoms with E-state index in [4.69, 9.17) is 4.98 Å². The van der Waals surface area contributed by atoms with Gasteiger partial charge in [-0.25, -0.2) is 0 Å². The van der Waals surface area contributed by atoms with Gasteiger partial charge in [0.2, 0.25) is 0 Å². The van der Waals surface area contributed by atoms with Crippen molar-refractivity contribution in [2.75, 3.05) is 13.1 Å². The van der Waals surface area contributed by atoms with Crippen LogP contribution in [-0.4, -0.2) is 18.1 Å². The van der Waals surface area contributed by atoms with Crippen LogP contribution in [0.15, 0.2) is 42.1 Å². The molecule has 1 N–H and O–H groups in total. The first-order valence-electron chi connectivity index (χ1n) is 8.30. The molecule has 112 valence electrons. The van der Waals surface area contributed by atoms with Crippen molar-refractivity contribution in [3.63, 3.8) is 0 Å². The summed E-state index contributed by atoms with van der Waals surface area (Å²) in [6.45, 7) is 4.32. The Morgan fingerprint density at radius 3 is 2.82 bits per heavy atom. The minimum atomic E-state index is 0.999. The van der Waals surface area contributed by atoms with Crippen LogP contribution in [0.2, 0.25) is 0 Å². The highest BCUT2D eigenvalue weighted by molar-refractivity contribution is 5.84. The van der Waals surface area contributed by atoms with E-state index < -0.39 is 0 Å². The molecule has 2 heterocycles. The number of nitrogens with one attached hydrogen (secondary N) is 1. The number of aromatic nitrogens is 1. The number of rotatable bonds is 0. The molecule has 0 atom stereocenters. The molecule has 1 aromatic carbocycles. The molecule has 1 fully saturated rings. The summed E-state index contributed by atoms with van der Waals surface area (Å²) in [4.78, 5) is 4.77. The van der Waals surface area contributed by atoms with E-state index in [9.17, 15) is 0 Å². The van der Waals surface area contributed by atoms with Gasteiger partial charge in [-0.1, -0.05) is 29.8 Å². The van der Waals surface area contributed by atoms with Gasteiger partial charge in [-0.2, -0.15) is 0 Å². The average molecular weight is 290 g/mol. The Morgan fingerprint density at radius 2 is 1.95 bits per heavy atom. The van der Waals surface area contributed by atoms with E-state index in [0.29, 0.717) is 0 Å². The Hall–Kier alpha value is -1.93. The van der Waals surface area contributed by atoms with Crippen molar-refractivity contribution in [2.24, 2.45) is 0 Å². The van der Waals surface area contributed by atoms with Crippen LogP contribution in [0.3, 0.4) is 0 Å². The van der Waals surface area contributed by atoms with Crippen molar-refractivity contribution < 1.29 is 0 Å². The number of aryl methyl sites for hydroxylation is 3. The highest BCUT2D eigenvalue weighted by Gasteiger charge is 2.23. The van der Waals surface area contributed by atoms with Gasteiger partial charge in [0.1, 0.15) is 0 Å². The van der Waals surface area contributed by atoms with Gasteiger partial charge < -0.3 is 5.32 Å². The fourth-order valence-electron chi connectivity index (χ4n) is 3.76. The lowest BCUT2D eigenvalue weighted by Crippen LogP contribution is -2.25. The zero-order valence-corrected chi connectivity index (χ0v) is 13.2. The molecule has 1 saturated heterocycles. The summed E-state index contributed by atoms with van der Waals surface area (Å²) < 4.78 is 0. The van der Waals surface area contributed by atoms with Crippen molar-refractivity contribution in [2.45, 2.75) is 32.6 Å². The Bertz CT molecular complexity index is 735. The lowest BCUT2D eigenvalue weighted by atomic mass is 9.89. The smallest absolute Gasteiger partial charge is 0.0740 e. The summed E-state index contributed by atoms with van der Waals surface area (Å²) in [6.07, 6.45) is 6.55. The van der Waals surface area contributed by atoms with Gasteiger partial charge in [-0.15, -0.1) is 0 Å². The number of nitrogens with zero attached hydrogens (tertiary/aromatic N) is 1. The second-order valence-corrected chi connectivity index (χ2v) is 6.43. The number of pyridine rings is 1. The van der Waals surface area contributed by atoms with E-state index in [2.05, 4.69) is 42.6 Å². The third-order valence-electron chi connectivity index (χ3n) is 4.85. The number of benzene rings is 1. The Balaban J connectivity index is 1.98. The van der Waals surface area contributed by atoms with Crippen LogP contribution in [0, 0.1) is 6.92 Å². The minimum absolute atomic E-state index is 0.999. The quantitative estimate of drug-likeness (QED) is 0.800. The summed E-state index contributed by atoms with van der Waals surface area (Å²) in [6, 6.07) is 11.2. The second-order valence-electron chi connectivity index (χ2n) is 6.43. The zero-order chi connectivity index (χ0) is 14.9. The summed E-state index contributed by atoms with van der Waals surface area (Å²) in [5, 5.41) is 3.54. The maximum atomic E-state index is 4.77. The number of piperidine rings is 1. The normalized spacial score (nSPS) is 21.0. The van der Waals surface area contributed by atoms with Gasteiger partial charge >= 0.3 is 0 Å². The molecule has 0 saturated carbocycles. The number of hydrogen-bond donors (Lipinski definition) is 1. The van der Waals surface area contributed by atoms with Gasteiger partial charge in [0.05, 0.1) is 5.69 Å². The summed E-state index contributed by atoms with van der Waals surface area (Å²) >= 11 is 0. The van der Waals surface area contributed by atoms with E-state index >= 15 is 0 Å². The van der Waals surface area contributed by atoms with Gasteiger partial charge in [0, 0.05) is 18.3 Å². The second kappa shape index (κ2) is 5.69. The summed E-state index contributed by atoms with van der Waals surface area (Å²) in [5.74, 6) is 0. The van der Waals surface area contributed by atoms with Gasteiger partial charge in [-0.05, 0) is 67.5 Å². The van der Waals surface area contributed by atoms with E-state index in [-0.39, 0.29) is 0 Å². The standard InChI is InChI=1S/C20H22N2/c1-14-6-9-18-16(12-14)8-7-15-4-3-11-22-20(15)19(18)17-5-2-10-21-13-17/h3-4,6,9,11-12,21H,2,5,7-8,10,13H2,1H3/b19-17-. The molecule has 1 aliphatic carbocycles. The van der Waals surface area contributed by atoms with E-state index in [1.807, 2.05) is 6.20 Å². The number of fused-ring (bicyclic) bond motifs is 2. The fourth-order valence-corrected chi connectivity index (χ4v) is 3.76. The molecular weight excluding hydrogens is 268 g/mol. The van der Waals surface area contributed by atoms with Crippen LogP contribution in [0.1, 0.15) is 40.8 Å². The van der Waals surface area contributed by atoms with Crippen LogP contribution < -0.4 is 5.32 Å². The molecule has 2 nitrogen and oxygen atoms in total. The highest BCUT2D eigenvalue weighted by Crippen LogP contribution is 2.36. The maximum absolute atomic E-state index is 4.77. The molecule has 0 radical (unpaired) electrons.